The number of fused-ring (bicyclic) bond motifs is 4. The average Bonchev–Trinajstić information content (AvgIpc) is 2.75. The molecular formula is C18H24N2O2S. The van der Waals surface area contributed by atoms with Gasteiger partial charge in [0.1, 0.15) is 0 Å². The molecule has 2 amide bonds. The molecule has 0 spiro atoms. The zero-order chi connectivity index (χ0) is 16.0. The maximum Gasteiger partial charge on any atom is 0.264 e. The molecule has 0 aromatic carbocycles. The molecule has 4 aliphatic rings. The number of piperidine rings is 1. The highest BCUT2D eigenvalue weighted by Gasteiger charge is 2.43. The summed E-state index contributed by atoms with van der Waals surface area (Å²) in [6, 6.07) is 4.15. The Morgan fingerprint density at radius 1 is 1.22 bits per heavy atom. The third kappa shape index (κ3) is 2.80. The Balaban J connectivity index is 1.52. The molecule has 23 heavy (non-hydrogen) atoms. The number of nitrogens with zero attached hydrogens (tertiary/aromatic N) is 2. The lowest BCUT2D eigenvalue weighted by Gasteiger charge is -2.40. The second kappa shape index (κ2) is 5.93. The largest absolute Gasteiger partial charge is 0.337 e. The van der Waals surface area contributed by atoms with E-state index in [-0.39, 0.29) is 17.9 Å². The molecule has 4 nitrogen and oxygen atoms in total. The normalized spacial score (nSPS) is 28.0. The van der Waals surface area contributed by atoms with E-state index in [4.69, 9.17) is 0 Å². The van der Waals surface area contributed by atoms with Crippen LogP contribution in [-0.4, -0.2) is 47.3 Å². The summed E-state index contributed by atoms with van der Waals surface area (Å²) in [6.07, 6.45) is 5.83. The monoisotopic (exact) mass is 332 g/mol. The van der Waals surface area contributed by atoms with E-state index in [0.717, 1.165) is 29.1 Å². The number of carbonyl (C=O) groups excluding carboxylic acids is 2. The second-order valence-corrected chi connectivity index (χ2v) is 8.62. The fraction of sp³-hybridized carbons (Fsp3) is 0.667. The van der Waals surface area contributed by atoms with Gasteiger partial charge in [0.15, 0.2) is 0 Å². The van der Waals surface area contributed by atoms with Crippen molar-refractivity contribution >= 4 is 23.2 Å². The number of amides is 2. The van der Waals surface area contributed by atoms with Crippen LogP contribution in [0.25, 0.3) is 0 Å². The minimum Gasteiger partial charge on any atom is -0.337 e. The molecular weight excluding hydrogens is 308 g/mol. The van der Waals surface area contributed by atoms with Gasteiger partial charge in [0, 0.05) is 30.6 Å². The van der Waals surface area contributed by atoms with Crippen molar-refractivity contribution < 1.29 is 9.59 Å². The van der Waals surface area contributed by atoms with Crippen molar-refractivity contribution in [3.8, 4) is 0 Å². The van der Waals surface area contributed by atoms with Gasteiger partial charge in [0.2, 0.25) is 5.91 Å². The summed E-state index contributed by atoms with van der Waals surface area (Å²) in [6.45, 7) is 4.26. The molecule has 3 saturated heterocycles. The van der Waals surface area contributed by atoms with Crippen molar-refractivity contribution in [2.45, 2.75) is 45.1 Å². The van der Waals surface area contributed by atoms with Gasteiger partial charge in [0.05, 0.1) is 10.8 Å². The number of thiophene rings is 1. The van der Waals surface area contributed by atoms with Crippen molar-refractivity contribution in [2.24, 2.45) is 11.8 Å². The van der Waals surface area contributed by atoms with Crippen LogP contribution >= 0.6 is 11.3 Å². The first kappa shape index (κ1) is 15.2. The Kier molecular flexibility index (Phi) is 3.92. The van der Waals surface area contributed by atoms with Crippen molar-refractivity contribution in [3.63, 3.8) is 0 Å². The lowest BCUT2D eigenvalue weighted by Crippen LogP contribution is -2.50. The molecule has 2 atom stereocenters. The molecule has 5 heteroatoms. The van der Waals surface area contributed by atoms with Gasteiger partial charge in [-0.05, 0) is 50.7 Å². The molecule has 2 bridgehead atoms. The van der Waals surface area contributed by atoms with E-state index >= 15 is 0 Å². The standard InChI is InChI=1S/C18H24N2O2S/c1-12-5-8-16(23-12)18(22)19-10-14-6-7-15(11-19)20(17(14)21)9-13-3-2-4-13/h5,8,13-15H,2-4,6-7,9-11H2,1H3/t14-,15+/m1/s1. The van der Waals surface area contributed by atoms with Gasteiger partial charge in [-0.25, -0.2) is 0 Å². The van der Waals surface area contributed by atoms with Gasteiger partial charge in [-0.2, -0.15) is 0 Å². The maximum absolute atomic E-state index is 12.8. The molecule has 1 aliphatic carbocycles. The Morgan fingerprint density at radius 3 is 2.70 bits per heavy atom. The van der Waals surface area contributed by atoms with Crippen LogP contribution in [0.1, 0.15) is 46.7 Å². The van der Waals surface area contributed by atoms with Gasteiger partial charge in [-0.1, -0.05) is 6.42 Å². The van der Waals surface area contributed by atoms with Gasteiger partial charge in [-0.3, -0.25) is 9.59 Å². The van der Waals surface area contributed by atoms with E-state index in [9.17, 15) is 9.59 Å². The minimum atomic E-state index is 0.0128. The van der Waals surface area contributed by atoms with E-state index in [2.05, 4.69) is 4.90 Å². The van der Waals surface area contributed by atoms with Crippen LogP contribution in [-0.2, 0) is 4.79 Å². The molecule has 0 N–H and O–H groups in total. The van der Waals surface area contributed by atoms with E-state index in [1.807, 2.05) is 24.0 Å². The molecule has 4 fully saturated rings. The maximum atomic E-state index is 12.8. The number of hydrogen-bond acceptors (Lipinski definition) is 3. The quantitative estimate of drug-likeness (QED) is 0.854. The molecule has 1 saturated carbocycles. The number of aryl methyl sites for hydroxylation is 1. The van der Waals surface area contributed by atoms with Gasteiger partial charge in [-0.15, -0.1) is 11.3 Å². The third-order valence-electron chi connectivity index (χ3n) is 5.71. The summed E-state index contributed by atoms with van der Waals surface area (Å²) >= 11 is 1.55. The van der Waals surface area contributed by atoms with Crippen molar-refractivity contribution in [1.29, 1.82) is 0 Å². The van der Waals surface area contributed by atoms with Crippen LogP contribution in [0, 0.1) is 18.8 Å². The van der Waals surface area contributed by atoms with Crippen LogP contribution in [0.3, 0.4) is 0 Å². The van der Waals surface area contributed by atoms with Crippen molar-refractivity contribution in [2.75, 3.05) is 19.6 Å². The van der Waals surface area contributed by atoms with Gasteiger partial charge >= 0.3 is 0 Å². The van der Waals surface area contributed by atoms with Crippen LogP contribution in [0.5, 0.6) is 0 Å². The lowest BCUT2D eigenvalue weighted by atomic mass is 9.83. The summed E-state index contributed by atoms with van der Waals surface area (Å²) < 4.78 is 0. The predicted octanol–water partition coefficient (Wildman–Crippen LogP) is 2.92. The minimum absolute atomic E-state index is 0.0128. The fourth-order valence-corrected chi connectivity index (χ4v) is 4.94. The molecule has 3 aliphatic heterocycles. The first-order valence-corrected chi connectivity index (χ1v) is 9.59. The molecule has 1 aromatic rings. The number of rotatable bonds is 3. The fourth-order valence-electron chi connectivity index (χ4n) is 4.11. The topological polar surface area (TPSA) is 40.6 Å². The van der Waals surface area contributed by atoms with Gasteiger partial charge < -0.3 is 9.80 Å². The van der Waals surface area contributed by atoms with Crippen LogP contribution in [0.2, 0.25) is 0 Å². The van der Waals surface area contributed by atoms with Crippen LogP contribution < -0.4 is 0 Å². The molecule has 0 radical (unpaired) electrons. The average molecular weight is 332 g/mol. The smallest absolute Gasteiger partial charge is 0.264 e. The predicted molar refractivity (Wildman–Crippen MR) is 90.5 cm³/mol. The first-order valence-electron chi connectivity index (χ1n) is 8.78. The Labute approximate surface area is 141 Å². The van der Waals surface area contributed by atoms with E-state index < -0.39 is 0 Å². The lowest BCUT2D eigenvalue weighted by molar-refractivity contribution is -0.141. The molecule has 5 rings (SSSR count). The first-order chi connectivity index (χ1) is 11.1. The summed E-state index contributed by atoms with van der Waals surface area (Å²) in [5.74, 6) is 1.12. The zero-order valence-electron chi connectivity index (χ0n) is 13.7. The summed E-state index contributed by atoms with van der Waals surface area (Å²) in [4.78, 5) is 31.6. The van der Waals surface area contributed by atoms with E-state index in [1.165, 1.54) is 19.3 Å². The highest BCUT2D eigenvalue weighted by Crippen LogP contribution is 2.34. The van der Waals surface area contributed by atoms with Crippen molar-refractivity contribution in [1.82, 2.24) is 9.80 Å². The number of carbonyl (C=O) groups is 2. The van der Waals surface area contributed by atoms with E-state index in [1.54, 1.807) is 11.3 Å². The molecule has 0 unspecified atom stereocenters. The Morgan fingerprint density at radius 2 is 2.04 bits per heavy atom. The Bertz CT molecular complexity index is 622. The number of hydrogen-bond donors (Lipinski definition) is 0. The summed E-state index contributed by atoms with van der Waals surface area (Å²) in [7, 11) is 0. The summed E-state index contributed by atoms with van der Waals surface area (Å²) in [5, 5.41) is 0. The second-order valence-electron chi connectivity index (χ2n) is 7.34. The van der Waals surface area contributed by atoms with Gasteiger partial charge in [0.25, 0.3) is 5.91 Å². The highest BCUT2D eigenvalue weighted by atomic mass is 32.1. The van der Waals surface area contributed by atoms with Crippen LogP contribution in [0.15, 0.2) is 12.1 Å². The zero-order valence-corrected chi connectivity index (χ0v) is 14.5. The van der Waals surface area contributed by atoms with Crippen molar-refractivity contribution in [3.05, 3.63) is 21.9 Å². The molecule has 1 aromatic heterocycles. The van der Waals surface area contributed by atoms with Crippen LogP contribution in [0.4, 0.5) is 0 Å². The Hall–Kier alpha value is -1.36. The van der Waals surface area contributed by atoms with E-state index in [0.29, 0.717) is 24.9 Å². The summed E-state index contributed by atoms with van der Waals surface area (Å²) in [5.41, 5.74) is 0. The molecule has 4 heterocycles. The highest BCUT2D eigenvalue weighted by molar-refractivity contribution is 7.13. The molecule has 124 valence electrons. The third-order valence-corrected chi connectivity index (χ3v) is 6.70. The SMILES string of the molecule is Cc1ccc(C(=O)N2C[C@H]3CC[C@@H](C2)N(CC2CCC2)C3=O)s1.